The number of ether oxygens (including phenoxy) is 1. The van der Waals surface area contributed by atoms with Crippen LogP contribution in [0.2, 0.25) is 0 Å². The zero-order valence-corrected chi connectivity index (χ0v) is 17.1. The molecule has 0 unspecified atom stereocenters. The first-order chi connectivity index (χ1) is 12.9. The molecule has 2 saturated heterocycles. The zero-order chi connectivity index (χ0) is 19.4. The lowest BCUT2D eigenvalue weighted by molar-refractivity contribution is -0.137. The Balaban J connectivity index is 1.74. The Labute approximate surface area is 162 Å². The molecule has 3 rings (SSSR count). The van der Waals surface area contributed by atoms with Gasteiger partial charge in [0.15, 0.2) is 0 Å². The topological polar surface area (TPSA) is 66.9 Å². The number of rotatable bonds is 5. The van der Waals surface area contributed by atoms with E-state index in [4.69, 9.17) is 4.74 Å². The van der Waals surface area contributed by atoms with Crippen molar-refractivity contribution in [2.24, 2.45) is 5.92 Å². The van der Waals surface area contributed by atoms with Crippen LogP contribution in [0.25, 0.3) is 0 Å². The number of carbonyl (C=O) groups excluding carboxylic acids is 1. The summed E-state index contributed by atoms with van der Waals surface area (Å²) in [4.78, 5) is 15.0. The monoisotopic (exact) mass is 394 g/mol. The lowest BCUT2D eigenvalue weighted by Crippen LogP contribution is -2.47. The first kappa shape index (κ1) is 20.1. The van der Waals surface area contributed by atoms with Gasteiger partial charge in [-0.15, -0.1) is 0 Å². The Morgan fingerprint density at radius 3 is 2.56 bits per heavy atom. The average Bonchev–Trinajstić information content (AvgIpc) is 2.70. The molecule has 1 aromatic carbocycles. The van der Waals surface area contributed by atoms with Crippen LogP contribution in [0.4, 0.5) is 0 Å². The molecule has 1 atom stereocenters. The number of sulfonamides is 1. The second-order valence-corrected chi connectivity index (χ2v) is 9.39. The molecule has 1 aromatic rings. The fourth-order valence-corrected chi connectivity index (χ4v) is 5.59. The van der Waals surface area contributed by atoms with Crippen molar-refractivity contribution in [1.29, 1.82) is 0 Å². The van der Waals surface area contributed by atoms with Crippen LogP contribution >= 0.6 is 0 Å². The summed E-state index contributed by atoms with van der Waals surface area (Å²) in [5.41, 5.74) is 0.802. The molecule has 0 bridgehead atoms. The summed E-state index contributed by atoms with van der Waals surface area (Å²) < 4.78 is 33.2. The lowest BCUT2D eigenvalue weighted by atomic mass is 9.97. The van der Waals surface area contributed by atoms with E-state index in [2.05, 4.69) is 0 Å². The molecule has 0 radical (unpaired) electrons. The summed E-state index contributed by atoms with van der Waals surface area (Å²) >= 11 is 0. The number of benzene rings is 1. The summed E-state index contributed by atoms with van der Waals surface area (Å²) in [7, 11) is -3.61. The number of piperidine rings is 2. The summed E-state index contributed by atoms with van der Waals surface area (Å²) in [5, 5.41) is 0. The Morgan fingerprint density at radius 2 is 1.89 bits per heavy atom. The van der Waals surface area contributed by atoms with Crippen molar-refractivity contribution >= 4 is 15.9 Å². The molecule has 0 saturated carbocycles. The van der Waals surface area contributed by atoms with Crippen LogP contribution < -0.4 is 4.74 Å². The number of carbonyl (C=O) groups is 1. The van der Waals surface area contributed by atoms with Crippen molar-refractivity contribution in [1.82, 2.24) is 9.21 Å². The summed E-state index contributed by atoms with van der Waals surface area (Å²) in [6, 6.07) is 4.98. The Hall–Kier alpha value is -1.60. The number of nitrogens with zero attached hydrogens (tertiary/aromatic N) is 2. The van der Waals surface area contributed by atoms with Crippen LogP contribution in [-0.2, 0) is 14.8 Å². The van der Waals surface area contributed by atoms with E-state index in [0.717, 1.165) is 44.3 Å². The second-order valence-electron chi connectivity index (χ2n) is 7.45. The van der Waals surface area contributed by atoms with Gasteiger partial charge in [0, 0.05) is 26.2 Å². The highest BCUT2D eigenvalue weighted by atomic mass is 32.2. The molecule has 7 heteroatoms. The van der Waals surface area contributed by atoms with Gasteiger partial charge in [-0.3, -0.25) is 4.79 Å². The van der Waals surface area contributed by atoms with Gasteiger partial charge >= 0.3 is 0 Å². The minimum absolute atomic E-state index is 0.123. The molecule has 0 N–H and O–H groups in total. The Bertz CT molecular complexity index is 772. The SMILES string of the molecule is CCOc1ccc(S(=O)(=O)N2CCC[C@@H](C(=O)N3CCCCC3)C2)cc1C. The molecule has 0 spiro atoms. The van der Waals surface area contributed by atoms with Gasteiger partial charge in [-0.05, 0) is 69.7 Å². The summed E-state index contributed by atoms with van der Waals surface area (Å²) in [6.45, 7) is 6.65. The van der Waals surface area contributed by atoms with Gasteiger partial charge in [0.2, 0.25) is 15.9 Å². The summed E-state index contributed by atoms with van der Waals surface area (Å²) in [5.74, 6) is 0.598. The third-order valence-corrected chi connectivity index (χ3v) is 7.35. The van der Waals surface area contributed by atoms with Gasteiger partial charge in [0.05, 0.1) is 17.4 Å². The first-order valence-corrected chi connectivity index (χ1v) is 11.4. The third kappa shape index (κ3) is 4.46. The number of aryl methyl sites for hydroxylation is 1. The van der Waals surface area contributed by atoms with Crippen molar-refractivity contribution in [3.8, 4) is 5.75 Å². The van der Waals surface area contributed by atoms with Gasteiger partial charge in [-0.1, -0.05) is 0 Å². The smallest absolute Gasteiger partial charge is 0.243 e. The van der Waals surface area contributed by atoms with Gasteiger partial charge in [-0.25, -0.2) is 8.42 Å². The van der Waals surface area contributed by atoms with Crippen molar-refractivity contribution in [2.45, 2.75) is 50.8 Å². The van der Waals surface area contributed by atoms with E-state index in [1.165, 1.54) is 10.7 Å². The second kappa shape index (κ2) is 8.61. The van der Waals surface area contributed by atoms with E-state index in [-0.39, 0.29) is 23.3 Å². The largest absolute Gasteiger partial charge is 0.494 e. The first-order valence-electron chi connectivity index (χ1n) is 9.96. The van der Waals surface area contributed by atoms with E-state index in [0.29, 0.717) is 18.9 Å². The fourth-order valence-electron chi connectivity index (χ4n) is 3.98. The van der Waals surface area contributed by atoms with Gasteiger partial charge in [0.1, 0.15) is 5.75 Å². The minimum Gasteiger partial charge on any atom is -0.494 e. The maximum absolute atomic E-state index is 13.1. The fraction of sp³-hybridized carbons (Fsp3) is 0.650. The molecule has 0 aromatic heterocycles. The van der Waals surface area contributed by atoms with Crippen LogP contribution in [0.1, 0.15) is 44.6 Å². The molecule has 0 aliphatic carbocycles. The van der Waals surface area contributed by atoms with E-state index in [9.17, 15) is 13.2 Å². The number of hydrogen-bond acceptors (Lipinski definition) is 4. The predicted octanol–water partition coefficient (Wildman–Crippen LogP) is 2.81. The van der Waals surface area contributed by atoms with E-state index >= 15 is 0 Å². The normalized spacial score (nSPS) is 21.9. The average molecular weight is 395 g/mol. The minimum atomic E-state index is -3.61. The maximum Gasteiger partial charge on any atom is 0.243 e. The Kier molecular flexibility index (Phi) is 6.42. The zero-order valence-electron chi connectivity index (χ0n) is 16.3. The maximum atomic E-state index is 13.1. The van der Waals surface area contributed by atoms with Crippen molar-refractivity contribution in [3.05, 3.63) is 23.8 Å². The lowest BCUT2D eigenvalue weighted by Gasteiger charge is -2.35. The van der Waals surface area contributed by atoms with E-state index in [1.807, 2.05) is 18.7 Å². The quantitative estimate of drug-likeness (QED) is 0.770. The highest BCUT2D eigenvalue weighted by Gasteiger charge is 2.35. The molecule has 1 amide bonds. The van der Waals surface area contributed by atoms with Gasteiger partial charge in [0.25, 0.3) is 0 Å². The van der Waals surface area contributed by atoms with Crippen LogP contribution in [0, 0.1) is 12.8 Å². The highest BCUT2D eigenvalue weighted by molar-refractivity contribution is 7.89. The molecule has 150 valence electrons. The molecule has 2 aliphatic rings. The number of amides is 1. The van der Waals surface area contributed by atoms with Gasteiger partial charge < -0.3 is 9.64 Å². The van der Waals surface area contributed by atoms with Crippen molar-refractivity contribution in [3.63, 3.8) is 0 Å². The van der Waals surface area contributed by atoms with Gasteiger partial charge in [-0.2, -0.15) is 4.31 Å². The molecule has 2 heterocycles. The number of likely N-dealkylation sites (tertiary alicyclic amines) is 1. The molecule has 2 fully saturated rings. The molecule has 2 aliphatic heterocycles. The molecule has 6 nitrogen and oxygen atoms in total. The molecule has 27 heavy (non-hydrogen) atoms. The van der Waals surface area contributed by atoms with E-state index < -0.39 is 10.0 Å². The van der Waals surface area contributed by atoms with Crippen molar-refractivity contribution < 1.29 is 17.9 Å². The van der Waals surface area contributed by atoms with Crippen molar-refractivity contribution in [2.75, 3.05) is 32.8 Å². The third-order valence-electron chi connectivity index (χ3n) is 5.49. The predicted molar refractivity (Wildman–Crippen MR) is 104 cm³/mol. The van der Waals surface area contributed by atoms with Crippen LogP contribution in [0.3, 0.4) is 0 Å². The van der Waals surface area contributed by atoms with Crippen LogP contribution in [0.15, 0.2) is 23.1 Å². The van der Waals surface area contributed by atoms with E-state index in [1.54, 1.807) is 18.2 Å². The summed E-state index contributed by atoms with van der Waals surface area (Å²) in [6.07, 6.45) is 4.76. The highest BCUT2D eigenvalue weighted by Crippen LogP contribution is 2.28. The number of hydrogen-bond donors (Lipinski definition) is 0. The molecular weight excluding hydrogens is 364 g/mol. The Morgan fingerprint density at radius 1 is 1.15 bits per heavy atom. The standard InChI is InChI=1S/C20H30N2O4S/c1-3-26-19-10-9-18(14-16(19)2)27(24,25)22-13-7-8-17(15-22)20(23)21-11-5-4-6-12-21/h9-10,14,17H,3-8,11-13,15H2,1-2H3/t17-/m1/s1. The van der Waals surface area contributed by atoms with Crippen LogP contribution in [-0.4, -0.2) is 56.3 Å². The molecular formula is C20H30N2O4S. The van der Waals surface area contributed by atoms with Crippen LogP contribution in [0.5, 0.6) is 5.75 Å².